The molecule has 4 heteroatoms. The highest BCUT2D eigenvalue weighted by atomic mass is 16.3. The van der Waals surface area contributed by atoms with E-state index in [1.807, 2.05) is 6.07 Å². The maximum Gasteiger partial charge on any atom is 0.164 e. The Bertz CT molecular complexity index is 2890. The Labute approximate surface area is 282 Å². The zero-order valence-electron chi connectivity index (χ0n) is 26.3. The molecule has 0 saturated heterocycles. The van der Waals surface area contributed by atoms with Gasteiger partial charge in [0.1, 0.15) is 11.2 Å². The Kier molecular flexibility index (Phi) is 6.15. The van der Waals surface area contributed by atoms with Crippen LogP contribution in [0.15, 0.2) is 168 Å². The monoisotopic (exact) mass is 625 g/mol. The Morgan fingerprint density at radius 3 is 1.78 bits per heavy atom. The van der Waals surface area contributed by atoms with Gasteiger partial charge in [0.25, 0.3) is 0 Å². The fraction of sp³-hybridized carbons (Fsp3) is 0. The summed E-state index contributed by atoms with van der Waals surface area (Å²) >= 11 is 0. The first kappa shape index (κ1) is 27.5. The molecule has 0 unspecified atom stereocenters. The first-order valence-corrected chi connectivity index (χ1v) is 16.4. The fourth-order valence-corrected chi connectivity index (χ4v) is 7.06. The van der Waals surface area contributed by atoms with Gasteiger partial charge in [-0.05, 0) is 73.8 Å². The molecule has 2 heterocycles. The van der Waals surface area contributed by atoms with Crippen LogP contribution in [0.4, 0.5) is 0 Å². The Hall–Kier alpha value is -6.65. The van der Waals surface area contributed by atoms with E-state index in [9.17, 15) is 0 Å². The van der Waals surface area contributed by atoms with Gasteiger partial charge in [-0.1, -0.05) is 133 Å². The predicted octanol–water partition coefficient (Wildman–Crippen LogP) is 11.9. The zero-order valence-corrected chi connectivity index (χ0v) is 26.3. The summed E-state index contributed by atoms with van der Waals surface area (Å²) < 4.78 is 6.65. The lowest BCUT2D eigenvalue weighted by molar-refractivity contribution is 0.669. The van der Waals surface area contributed by atoms with E-state index in [0.717, 1.165) is 76.7 Å². The third kappa shape index (κ3) is 4.65. The van der Waals surface area contributed by atoms with Gasteiger partial charge < -0.3 is 4.42 Å². The number of aromatic nitrogens is 3. The van der Waals surface area contributed by atoms with Crippen molar-refractivity contribution < 1.29 is 4.42 Å². The average Bonchev–Trinajstić information content (AvgIpc) is 3.53. The highest BCUT2D eigenvalue weighted by Crippen LogP contribution is 2.41. The van der Waals surface area contributed by atoms with Gasteiger partial charge in [-0.2, -0.15) is 0 Å². The van der Waals surface area contributed by atoms with E-state index in [4.69, 9.17) is 19.4 Å². The summed E-state index contributed by atoms with van der Waals surface area (Å²) in [6.07, 6.45) is 0. The molecule has 0 aliphatic rings. The van der Waals surface area contributed by atoms with E-state index in [1.165, 1.54) is 5.39 Å². The molecule has 10 aromatic rings. The maximum atomic E-state index is 6.65. The van der Waals surface area contributed by atoms with Crippen LogP contribution in [0.5, 0.6) is 0 Å². The third-order valence-electron chi connectivity index (χ3n) is 9.46. The van der Waals surface area contributed by atoms with Gasteiger partial charge in [-0.25, -0.2) is 15.0 Å². The summed E-state index contributed by atoms with van der Waals surface area (Å²) in [4.78, 5) is 15.7. The summed E-state index contributed by atoms with van der Waals surface area (Å²) in [5.41, 5.74) is 6.54. The second kappa shape index (κ2) is 11.0. The molecule has 0 saturated carbocycles. The second-order valence-corrected chi connectivity index (χ2v) is 12.5. The number of nitrogens with zero attached hydrogens (tertiary/aromatic N) is 3. The van der Waals surface area contributed by atoms with Crippen LogP contribution >= 0.6 is 0 Å². The SMILES string of the molecule is c1ccc(-c2cc(-c3nc(-c4ccc5ccccc5c4)nc(-c4cccc5ccccc45)n3)c3c(c2)oc2cc4ccccc4cc23)cc1. The minimum absolute atomic E-state index is 0.597. The van der Waals surface area contributed by atoms with Crippen molar-refractivity contribution in [3.8, 4) is 45.3 Å². The molecule has 0 atom stereocenters. The lowest BCUT2D eigenvalue weighted by Crippen LogP contribution is -2.01. The Morgan fingerprint density at radius 1 is 0.327 bits per heavy atom. The van der Waals surface area contributed by atoms with Crippen LogP contribution < -0.4 is 0 Å². The number of hydrogen-bond acceptors (Lipinski definition) is 4. The van der Waals surface area contributed by atoms with Crippen LogP contribution in [0, 0.1) is 0 Å². The molecule has 0 fully saturated rings. The molecule has 0 radical (unpaired) electrons. The predicted molar refractivity (Wildman–Crippen MR) is 201 cm³/mol. The summed E-state index contributed by atoms with van der Waals surface area (Å²) in [6, 6.07) is 56.9. The number of furan rings is 1. The molecule has 228 valence electrons. The first-order valence-electron chi connectivity index (χ1n) is 16.4. The van der Waals surface area contributed by atoms with Crippen molar-refractivity contribution in [2.75, 3.05) is 0 Å². The Morgan fingerprint density at radius 2 is 0.959 bits per heavy atom. The summed E-state index contributed by atoms with van der Waals surface area (Å²) in [7, 11) is 0. The van der Waals surface area contributed by atoms with Gasteiger partial charge in [-0.3, -0.25) is 0 Å². The van der Waals surface area contributed by atoms with E-state index in [2.05, 4.69) is 158 Å². The summed E-state index contributed by atoms with van der Waals surface area (Å²) in [5, 5.41) is 8.84. The van der Waals surface area contributed by atoms with Gasteiger partial charge in [0.2, 0.25) is 0 Å². The lowest BCUT2D eigenvalue weighted by atomic mass is 9.97. The molecule has 49 heavy (non-hydrogen) atoms. The topological polar surface area (TPSA) is 51.8 Å². The summed E-state index contributed by atoms with van der Waals surface area (Å²) in [6.45, 7) is 0. The van der Waals surface area contributed by atoms with Crippen molar-refractivity contribution in [3.63, 3.8) is 0 Å². The van der Waals surface area contributed by atoms with Crippen LogP contribution in [0.25, 0.3) is 99.5 Å². The number of benzene rings is 8. The van der Waals surface area contributed by atoms with Crippen LogP contribution in [-0.4, -0.2) is 15.0 Å². The van der Waals surface area contributed by atoms with E-state index in [0.29, 0.717) is 17.5 Å². The molecule has 0 aliphatic heterocycles. The summed E-state index contributed by atoms with van der Waals surface area (Å²) in [5.74, 6) is 1.84. The van der Waals surface area contributed by atoms with E-state index in [-0.39, 0.29) is 0 Å². The molecular formula is C45H27N3O. The van der Waals surface area contributed by atoms with Gasteiger partial charge in [0, 0.05) is 27.5 Å². The maximum absolute atomic E-state index is 6.65. The minimum atomic E-state index is 0.597. The fourth-order valence-electron chi connectivity index (χ4n) is 7.06. The van der Waals surface area contributed by atoms with Crippen LogP contribution in [0.3, 0.4) is 0 Å². The molecule has 4 nitrogen and oxygen atoms in total. The van der Waals surface area contributed by atoms with Crippen molar-refractivity contribution in [1.29, 1.82) is 0 Å². The molecule has 10 rings (SSSR count). The second-order valence-electron chi connectivity index (χ2n) is 12.5. The van der Waals surface area contributed by atoms with Gasteiger partial charge in [0.05, 0.1) is 0 Å². The van der Waals surface area contributed by atoms with Crippen LogP contribution in [-0.2, 0) is 0 Å². The van der Waals surface area contributed by atoms with Crippen molar-refractivity contribution in [2.24, 2.45) is 0 Å². The molecule has 2 aromatic heterocycles. The van der Waals surface area contributed by atoms with Gasteiger partial charge in [0.15, 0.2) is 17.5 Å². The Balaban J connectivity index is 1.31. The van der Waals surface area contributed by atoms with Crippen LogP contribution in [0.2, 0.25) is 0 Å². The zero-order chi connectivity index (χ0) is 32.3. The largest absolute Gasteiger partial charge is 0.456 e. The molecule has 8 aromatic carbocycles. The van der Waals surface area contributed by atoms with Crippen molar-refractivity contribution in [3.05, 3.63) is 164 Å². The van der Waals surface area contributed by atoms with Gasteiger partial charge in [-0.15, -0.1) is 0 Å². The number of rotatable bonds is 4. The molecule has 0 aliphatic carbocycles. The lowest BCUT2D eigenvalue weighted by Gasteiger charge is -2.12. The van der Waals surface area contributed by atoms with Crippen molar-refractivity contribution in [1.82, 2.24) is 15.0 Å². The number of hydrogen-bond donors (Lipinski definition) is 0. The van der Waals surface area contributed by atoms with E-state index in [1.54, 1.807) is 0 Å². The molecule has 0 amide bonds. The normalized spacial score (nSPS) is 11.7. The highest BCUT2D eigenvalue weighted by Gasteiger charge is 2.21. The molecular weight excluding hydrogens is 599 g/mol. The molecule has 0 N–H and O–H groups in total. The highest BCUT2D eigenvalue weighted by molar-refractivity contribution is 6.16. The molecule has 0 bridgehead atoms. The number of fused-ring (bicyclic) bond motifs is 6. The van der Waals surface area contributed by atoms with Gasteiger partial charge >= 0.3 is 0 Å². The average molecular weight is 626 g/mol. The smallest absolute Gasteiger partial charge is 0.164 e. The van der Waals surface area contributed by atoms with Crippen molar-refractivity contribution >= 4 is 54.3 Å². The minimum Gasteiger partial charge on any atom is -0.456 e. The van der Waals surface area contributed by atoms with E-state index < -0.39 is 0 Å². The first-order chi connectivity index (χ1) is 24.2. The molecule has 0 spiro atoms. The van der Waals surface area contributed by atoms with E-state index >= 15 is 0 Å². The third-order valence-corrected chi connectivity index (χ3v) is 9.46. The van der Waals surface area contributed by atoms with Crippen molar-refractivity contribution in [2.45, 2.75) is 0 Å². The quantitative estimate of drug-likeness (QED) is 0.195. The standard InChI is InChI=1S/C45H27N3O/c1-2-11-28(12-3-1)35-25-39(42-38-24-32-16-6-7-17-33(32)26-40(38)49-41(42)27-35)45-47-43(34-22-21-29-13-4-5-15-31(29)23-34)46-44(48-45)37-20-10-18-30-14-8-9-19-36(30)37/h1-27H. The van der Waals surface area contributed by atoms with Crippen LogP contribution in [0.1, 0.15) is 0 Å².